The molecule has 8 nitrogen and oxygen atoms in total. The second-order valence-corrected chi connectivity index (χ2v) is 4.81. The first kappa shape index (κ1) is 19.9. The van der Waals surface area contributed by atoms with Crippen molar-refractivity contribution in [2.24, 2.45) is 10.7 Å². The molecule has 0 bridgehead atoms. The zero-order valence-corrected chi connectivity index (χ0v) is 13.4. The summed E-state index contributed by atoms with van der Waals surface area (Å²) in [5.41, 5.74) is 4.26. The summed E-state index contributed by atoms with van der Waals surface area (Å²) < 4.78 is 36.7. The minimum Gasteiger partial charge on any atom is -0.404 e. The van der Waals surface area contributed by atoms with Gasteiger partial charge in [0, 0.05) is 13.2 Å². The van der Waals surface area contributed by atoms with Crippen molar-refractivity contribution in [3.63, 3.8) is 0 Å². The Labute approximate surface area is 140 Å². The largest absolute Gasteiger partial charge is 0.408 e. The van der Waals surface area contributed by atoms with Crippen LogP contribution in [0.15, 0.2) is 28.3 Å². The van der Waals surface area contributed by atoms with E-state index in [2.05, 4.69) is 15.3 Å². The smallest absolute Gasteiger partial charge is 0.404 e. The van der Waals surface area contributed by atoms with Crippen molar-refractivity contribution in [2.75, 3.05) is 18.9 Å². The molecule has 1 heterocycles. The lowest BCUT2D eigenvalue weighted by Gasteiger charge is -2.12. The number of amidine groups is 1. The molecule has 0 aromatic carbocycles. The highest BCUT2D eigenvalue weighted by molar-refractivity contribution is 6.47. The van der Waals surface area contributed by atoms with Crippen LogP contribution in [-0.2, 0) is 4.79 Å². The number of aromatic nitrogens is 1. The first-order chi connectivity index (χ1) is 11.6. The van der Waals surface area contributed by atoms with Gasteiger partial charge in [0.2, 0.25) is 0 Å². The highest BCUT2D eigenvalue weighted by Gasteiger charge is 2.27. The molecule has 11 heteroatoms. The summed E-state index contributed by atoms with van der Waals surface area (Å²) in [6, 6.07) is 0. The zero-order valence-electron chi connectivity index (χ0n) is 13.4. The molecule has 1 aromatic heterocycles. The van der Waals surface area contributed by atoms with Crippen LogP contribution in [0.2, 0.25) is 0 Å². The van der Waals surface area contributed by atoms with Gasteiger partial charge in [-0.1, -0.05) is 0 Å². The summed E-state index contributed by atoms with van der Waals surface area (Å²) in [4.78, 5) is 29.6. The van der Waals surface area contributed by atoms with Crippen molar-refractivity contribution in [2.45, 2.75) is 13.1 Å². The van der Waals surface area contributed by atoms with Crippen molar-refractivity contribution in [3.8, 4) is 0 Å². The maximum Gasteiger partial charge on any atom is 0.408 e. The van der Waals surface area contributed by atoms with Gasteiger partial charge in [-0.25, -0.2) is 0 Å². The molecular formula is C14H17F3N6O2. The standard InChI is InChI=1S/C14H17F3N6O2/c1-7-5-21-12(24)9(11(7)20-2)10(19)13(25)23-8(3-4-18)22-6-14(15,16)17/h3-5,19H,6,18H2,1-2H3,(H2,20,21,24)(H,22,23,25). The number of nitrogens with one attached hydrogen (secondary N) is 4. The van der Waals surface area contributed by atoms with Gasteiger partial charge in [0.25, 0.3) is 11.5 Å². The summed E-state index contributed by atoms with van der Waals surface area (Å²) >= 11 is 0. The molecular weight excluding hydrogens is 341 g/mol. The van der Waals surface area contributed by atoms with E-state index in [1.807, 2.05) is 5.32 Å². The molecule has 0 saturated heterocycles. The van der Waals surface area contributed by atoms with E-state index in [-0.39, 0.29) is 11.3 Å². The predicted molar refractivity (Wildman–Crippen MR) is 88.0 cm³/mol. The van der Waals surface area contributed by atoms with Crippen LogP contribution in [-0.4, -0.2) is 42.2 Å². The van der Waals surface area contributed by atoms with Gasteiger partial charge in [0.1, 0.15) is 18.1 Å². The number of carbonyl (C=O) groups is 1. The quantitative estimate of drug-likeness (QED) is 0.390. The van der Waals surface area contributed by atoms with Crippen molar-refractivity contribution in [1.29, 1.82) is 5.41 Å². The van der Waals surface area contributed by atoms with Gasteiger partial charge in [-0.05, 0) is 24.8 Å². The van der Waals surface area contributed by atoms with Crippen LogP contribution >= 0.6 is 0 Å². The van der Waals surface area contributed by atoms with Gasteiger partial charge in [0.05, 0.1) is 11.3 Å². The molecule has 1 rings (SSSR count). The summed E-state index contributed by atoms with van der Waals surface area (Å²) in [6.07, 6.45) is -1.34. The minimum absolute atomic E-state index is 0.244. The lowest BCUT2D eigenvalue weighted by molar-refractivity contribution is -0.118. The lowest BCUT2D eigenvalue weighted by Crippen LogP contribution is -2.38. The molecule has 0 aliphatic carbocycles. The van der Waals surface area contributed by atoms with Crippen LogP contribution in [0, 0.1) is 12.3 Å². The van der Waals surface area contributed by atoms with Gasteiger partial charge < -0.3 is 21.4 Å². The van der Waals surface area contributed by atoms with Crippen LogP contribution in [0.5, 0.6) is 0 Å². The lowest BCUT2D eigenvalue weighted by atomic mass is 10.1. The number of aliphatic imine (C=N–C) groups is 1. The number of alkyl halides is 3. The van der Waals surface area contributed by atoms with Crippen LogP contribution in [0.25, 0.3) is 0 Å². The van der Waals surface area contributed by atoms with Gasteiger partial charge >= 0.3 is 6.18 Å². The second kappa shape index (κ2) is 8.13. The topological polar surface area (TPSA) is 136 Å². The Bertz CT molecular complexity index is 780. The normalized spacial score (nSPS) is 12.3. The maximum absolute atomic E-state index is 12.2. The van der Waals surface area contributed by atoms with Crippen molar-refractivity contribution in [1.82, 2.24) is 10.3 Å². The zero-order chi connectivity index (χ0) is 19.2. The van der Waals surface area contributed by atoms with Crippen molar-refractivity contribution < 1.29 is 18.0 Å². The average molecular weight is 358 g/mol. The van der Waals surface area contributed by atoms with Gasteiger partial charge in [-0.2, -0.15) is 13.2 Å². The number of aryl methyl sites for hydroxylation is 1. The first-order valence-corrected chi connectivity index (χ1v) is 6.90. The number of pyridine rings is 1. The fraction of sp³-hybridized carbons (Fsp3) is 0.286. The number of rotatable bonds is 5. The van der Waals surface area contributed by atoms with Crippen molar-refractivity contribution >= 4 is 23.1 Å². The molecule has 0 atom stereocenters. The van der Waals surface area contributed by atoms with E-state index >= 15 is 0 Å². The minimum atomic E-state index is -4.57. The molecule has 0 saturated carbocycles. The average Bonchev–Trinajstić information content (AvgIpc) is 2.53. The van der Waals surface area contributed by atoms with E-state index in [0.717, 1.165) is 12.3 Å². The third-order valence-electron chi connectivity index (χ3n) is 2.94. The predicted octanol–water partition coefficient (Wildman–Crippen LogP) is 0.642. The third-order valence-corrected chi connectivity index (χ3v) is 2.94. The number of nitrogens with zero attached hydrogens (tertiary/aromatic N) is 1. The Balaban J connectivity index is 3.13. The second-order valence-electron chi connectivity index (χ2n) is 4.81. The number of halogens is 3. The van der Waals surface area contributed by atoms with E-state index in [9.17, 15) is 22.8 Å². The molecule has 0 aliphatic heterocycles. The maximum atomic E-state index is 12.2. The van der Waals surface area contributed by atoms with Crippen LogP contribution in [0.3, 0.4) is 0 Å². The highest BCUT2D eigenvalue weighted by Crippen LogP contribution is 2.16. The summed E-state index contributed by atoms with van der Waals surface area (Å²) in [6.45, 7) is 0.108. The van der Waals surface area contributed by atoms with Gasteiger partial charge in [-0.3, -0.25) is 20.0 Å². The van der Waals surface area contributed by atoms with E-state index in [0.29, 0.717) is 5.56 Å². The number of aromatic amines is 1. The summed E-state index contributed by atoms with van der Waals surface area (Å²) in [5.74, 6) is -1.59. The number of hydrogen-bond donors (Lipinski definition) is 5. The molecule has 1 amide bonds. The molecule has 25 heavy (non-hydrogen) atoms. The Morgan fingerprint density at radius 3 is 2.64 bits per heavy atom. The monoisotopic (exact) mass is 358 g/mol. The molecule has 0 unspecified atom stereocenters. The fourth-order valence-electron chi connectivity index (χ4n) is 1.88. The van der Waals surface area contributed by atoms with E-state index in [1.54, 1.807) is 6.92 Å². The van der Waals surface area contributed by atoms with Crippen molar-refractivity contribution in [3.05, 3.63) is 40.0 Å². The molecule has 6 N–H and O–H groups in total. The summed E-state index contributed by atoms with van der Waals surface area (Å²) in [7, 11) is 1.50. The summed E-state index contributed by atoms with van der Waals surface area (Å²) in [5, 5.41) is 12.6. The van der Waals surface area contributed by atoms with Gasteiger partial charge in [-0.15, -0.1) is 0 Å². The first-order valence-electron chi connectivity index (χ1n) is 6.90. The Hall–Kier alpha value is -3.11. The molecule has 136 valence electrons. The fourth-order valence-corrected chi connectivity index (χ4v) is 1.88. The van der Waals surface area contributed by atoms with Crippen LogP contribution in [0.1, 0.15) is 11.1 Å². The van der Waals surface area contributed by atoms with E-state index in [1.165, 1.54) is 13.2 Å². The molecule has 0 fully saturated rings. The molecule has 0 aliphatic rings. The molecule has 0 spiro atoms. The van der Waals surface area contributed by atoms with Crippen LogP contribution in [0.4, 0.5) is 18.9 Å². The van der Waals surface area contributed by atoms with Crippen LogP contribution < -0.4 is 21.9 Å². The number of hydrogen-bond acceptors (Lipinski definition) is 6. The van der Waals surface area contributed by atoms with E-state index < -0.39 is 35.7 Å². The Morgan fingerprint density at radius 2 is 2.12 bits per heavy atom. The highest BCUT2D eigenvalue weighted by atomic mass is 19.4. The van der Waals surface area contributed by atoms with E-state index in [4.69, 9.17) is 11.1 Å². The number of anilines is 1. The third kappa shape index (κ3) is 5.48. The Kier molecular flexibility index (Phi) is 6.48. The number of nitrogens with two attached hydrogens (primary N) is 1. The number of amides is 1. The SMILES string of the molecule is CNc1c(C)c[nH]c(=O)c1C(=N)C(=O)NC(C=CN)=NCC(F)(F)F. The Morgan fingerprint density at radius 1 is 1.48 bits per heavy atom. The number of H-pyrrole nitrogens is 1. The number of carbonyl (C=O) groups excluding carboxylic acids is 1. The molecule has 1 aromatic rings. The van der Waals surface area contributed by atoms with Gasteiger partial charge in [0.15, 0.2) is 0 Å². The molecule has 0 radical (unpaired) electrons.